The van der Waals surface area contributed by atoms with Crippen LogP contribution >= 0.6 is 0 Å². The maximum absolute atomic E-state index is 11.0. The summed E-state index contributed by atoms with van der Waals surface area (Å²) in [6.45, 7) is 6.46. The Morgan fingerprint density at radius 2 is 1.92 bits per heavy atom. The first-order chi connectivity index (χ1) is 5.38. The van der Waals surface area contributed by atoms with Crippen molar-refractivity contribution in [3.63, 3.8) is 0 Å². The summed E-state index contributed by atoms with van der Waals surface area (Å²) in [6, 6.07) is 0. The van der Waals surface area contributed by atoms with E-state index >= 15 is 0 Å². The molecule has 0 spiro atoms. The van der Waals surface area contributed by atoms with E-state index in [1.54, 1.807) is 0 Å². The molecule has 2 bridgehead atoms. The molecule has 1 N–H and O–H groups in total. The maximum atomic E-state index is 11.0. The SMILES string of the molecule is CC(C)(C)C1C2CC1(C(=O)O)C2. The van der Waals surface area contributed by atoms with Gasteiger partial charge in [-0.3, -0.25) is 4.79 Å². The minimum Gasteiger partial charge on any atom is -0.481 e. The van der Waals surface area contributed by atoms with E-state index in [0.29, 0.717) is 11.8 Å². The van der Waals surface area contributed by atoms with Crippen molar-refractivity contribution in [2.75, 3.05) is 0 Å². The van der Waals surface area contributed by atoms with Crippen LogP contribution in [0.5, 0.6) is 0 Å². The lowest BCUT2D eigenvalue weighted by atomic mass is 9.33. The molecule has 0 aromatic rings. The van der Waals surface area contributed by atoms with Crippen LogP contribution < -0.4 is 0 Å². The van der Waals surface area contributed by atoms with E-state index in [0.717, 1.165) is 12.8 Å². The molecule has 3 aliphatic rings. The van der Waals surface area contributed by atoms with E-state index in [4.69, 9.17) is 5.11 Å². The van der Waals surface area contributed by atoms with Crippen molar-refractivity contribution >= 4 is 5.97 Å². The molecule has 0 aromatic carbocycles. The van der Waals surface area contributed by atoms with Crippen molar-refractivity contribution in [1.29, 1.82) is 0 Å². The molecule has 3 saturated carbocycles. The van der Waals surface area contributed by atoms with Crippen molar-refractivity contribution in [2.45, 2.75) is 33.6 Å². The van der Waals surface area contributed by atoms with Crippen LogP contribution in [0.2, 0.25) is 0 Å². The molecule has 0 saturated heterocycles. The Hall–Kier alpha value is -0.530. The van der Waals surface area contributed by atoms with Crippen molar-refractivity contribution in [1.82, 2.24) is 0 Å². The van der Waals surface area contributed by atoms with Gasteiger partial charge in [0, 0.05) is 0 Å². The van der Waals surface area contributed by atoms with Crippen LogP contribution in [0, 0.1) is 22.7 Å². The molecule has 2 nitrogen and oxygen atoms in total. The van der Waals surface area contributed by atoms with E-state index in [2.05, 4.69) is 20.8 Å². The van der Waals surface area contributed by atoms with Gasteiger partial charge in [0.05, 0.1) is 5.41 Å². The Kier molecular flexibility index (Phi) is 1.25. The second kappa shape index (κ2) is 1.86. The Morgan fingerprint density at radius 1 is 1.42 bits per heavy atom. The number of hydrogen-bond acceptors (Lipinski definition) is 1. The first-order valence-electron chi connectivity index (χ1n) is 4.61. The van der Waals surface area contributed by atoms with Crippen molar-refractivity contribution in [2.24, 2.45) is 22.7 Å². The fourth-order valence-electron chi connectivity index (χ4n) is 3.34. The summed E-state index contributed by atoms with van der Waals surface area (Å²) in [5.41, 5.74) is -0.136. The standard InChI is InChI=1S/C10H16O2/c1-9(2,3)7-6-4-10(7,5-6)8(11)12/h6-7H,4-5H2,1-3H3,(H,11,12). The zero-order valence-electron chi connectivity index (χ0n) is 7.92. The molecule has 0 aliphatic heterocycles. The zero-order valence-corrected chi connectivity index (χ0v) is 7.92. The fourth-order valence-corrected chi connectivity index (χ4v) is 3.34. The second-order valence-corrected chi connectivity index (χ2v) is 5.47. The Morgan fingerprint density at radius 3 is 2.00 bits per heavy atom. The fraction of sp³-hybridized carbons (Fsp3) is 0.900. The highest BCUT2D eigenvalue weighted by Crippen LogP contribution is 2.73. The number of aliphatic carboxylic acids is 1. The van der Waals surface area contributed by atoms with E-state index in [1.165, 1.54) is 0 Å². The van der Waals surface area contributed by atoms with Crippen LogP contribution in [0.25, 0.3) is 0 Å². The van der Waals surface area contributed by atoms with Gasteiger partial charge in [0.1, 0.15) is 0 Å². The van der Waals surface area contributed by atoms with Gasteiger partial charge in [-0.1, -0.05) is 20.8 Å². The molecule has 3 fully saturated rings. The number of carboxylic acids is 1. The molecular weight excluding hydrogens is 152 g/mol. The lowest BCUT2D eigenvalue weighted by Gasteiger charge is -2.69. The lowest BCUT2D eigenvalue weighted by molar-refractivity contribution is -0.242. The molecule has 12 heavy (non-hydrogen) atoms. The summed E-state index contributed by atoms with van der Waals surface area (Å²) in [7, 11) is 0. The Labute approximate surface area is 73.0 Å². The highest BCUT2D eigenvalue weighted by Gasteiger charge is 2.72. The molecular formula is C10H16O2. The third-order valence-corrected chi connectivity index (χ3v) is 3.68. The third-order valence-electron chi connectivity index (χ3n) is 3.68. The van der Waals surface area contributed by atoms with Gasteiger partial charge in [-0.15, -0.1) is 0 Å². The van der Waals surface area contributed by atoms with Gasteiger partial charge >= 0.3 is 5.97 Å². The molecule has 0 radical (unpaired) electrons. The molecule has 0 aromatic heterocycles. The molecule has 2 heteroatoms. The second-order valence-electron chi connectivity index (χ2n) is 5.47. The van der Waals surface area contributed by atoms with Gasteiger partial charge in [0.2, 0.25) is 0 Å². The number of rotatable bonds is 1. The highest BCUT2D eigenvalue weighted by molar-refractivity contribution is 5.79. The van der Waals surface area contributed by atoms with Gasteiger partial charge < -0.3 is 5.11 Å². The first kappa shape index (κ1) is 8.09. The average Bonchev–Trinajstić information content (AvgIpc) is 1.45. The van der Waals surface area contributed by atoms with Gasteiger partial charge in [-0.05, 0) is 30.1 Å². The number of hydrogen-bond donors (Lipinski definition) is 1. The first-order valence-corrected chi connectivity index (χ1v) is 4.61. The molecule has 1 unspecified atom stereocenters. The topological polar surface area (TPSA) is 37.3 Å². The Balaban J connectivity index is 2.19. The molecule has 68 valence electrons. The summed E-state index contributed by atoms with van der Waals surface area (Å²) in [4.78, 5) is 11.0. The van der Waals surface area contributed by atoms with E-state index in [1.807, 2.05) is 0 Å². The van der Waals surface area contributed by atoms with Gasteiger partial charge in [-0.25, -0.2) is 0 Å². The van der Waals surface area contributed by atoms with Gasteiger partial charge in [0.15, 0.2) is 0 Å². The van der Waals surface area contributed by atoms with Crippen LogP contribution in [0.1, 0.15) is 33.6 Å². The quantitative estimate of drug-likeness (QED) is 0.651. The maximum Gasteiger partial charge on any atom is 0.309 e. The van der Waals surface area contributed by atoms with Crippen molar-refractivity contribution in [3.05, 3.63) is 0 Å². The highest BCUT2D eigenvalue weighted by atomic mass is 16.4. The summed E-state index contributed by atoms with van der Waals surface area (Å²) in [5, 5.41) is 9.06. The minimum atomic E-state index is -0.565. The normalized spacial score (nSPS) is 44.6. The van der Waals surface area contributed by atoms with E-state index < -0.39 is 5.97 Å². The third kappa shape index (κ3) is 0.686. The summed E-state index contributed by atoms with van der Waals surface area (Å²) < 4.78 is 0. The van der Waals surface area contributed by atoms with Crippen molar-refractivity contribution in [3.8, 4) is 0 Å². The molecule has 0 heterocycles. The van der Waals surface area contributed by atoms with Crippen LogP contribution in [-0.2, 0) is 4.79 Å². The number of carboxylic acid groups (broad SMARTS) is 1. The summed E-state index contributed by atoms with van der Waals surface area (Å²) >= 11 is 0. The molecule has 1 atom stereocenters. The predicted octanol–water partition coefficient (Wildman–Crippen LogP) is 2.14. The largest absolute Gasteiger partial charge is 0.481 e. The molecule has 3 rings (SSSR count). The summed E-state index contributed by atoms with van der Waals surface area (Å²) in [6.07, 6.45) is 1.87. The summed E-state index contributed by atoms with van der Waals surface area (Å²) in [5.74, 6) is 0.577. The Bertz CT molecular complexity index is 231. The monoisotopic (exact) mass is 168 g/mol. The van der Waals surface area contributed by atoms with E-state index in [9.17, 15) is 4.79 Å². The van der Waals surface area contributed by atoms with Crippen molar-refractivity contribution < 1.29 is 9.90 Å². The zero-order chi connectivity index (χ0) is 9.15. The van der Waals surface area contributed by atoms with Crippen LogP contribution in [-0.4, -0.2) is 11.1 Å². The average molecular weight is 168 g/mol. The molecule has 0 amide bonds. The predicted molar refractivity (Wildman–Crippen MR) is 45.7 cm³/mol. The van der Waals surface area contributed by atoms with E-state index in [-0.39, 0.29) is 10.8 Å². The lowest BCUT2D eigenvalue weighted by Crippen LogP contribution is -2.69. The number of carbonyl (C=O) groups is 1. The van der Waals surface area contributed by atoms with Crippen LogP contribution in [0.4, 0.5) is 0 Å². The minimum absolute atomic E-state index is 0.180. The van der Waals surface area contributed by atoms with Crippen LogP contribution in [0.3, 0.4) is 0 Å². The van der Waals surface area contributed by atoms with Crippen LogP contribution in [0.15, 0.2) is 0 Å². The van der Waals surface area contributed by atoms with Gasteiger partial charge in [0.25, 0.3) is 0 Å². The van der Waals surface area contributed by atoms with Gasteiger partial charge in [-0.2, -0.15) is 0 Å². The smallest absolute Gasteiger partial charge is 0.309 e. The molecule has 3 aliphatic carbocycles.